The molecular weight excluding hydrogens is 740 g/mol. The Balaban J connectivity index is 1.50. The smallest absolute Gasteiger partial charge is 0.328 e. The first kappa shape index (κ1) is 43.3. The maximum atomic E-state index is 14.3. The van der Waals surface area contributed by atoms with Gasteiger partial charge in [-0.15, -0.1) is 30.4 Å². The predicted octanol–water partition coefficient (Wildman–Crippen LogP) is 5.30. The normalized spacial score (nSPS) is 12.6. The zero-order valence-corrected chi connectivity index (χ0v) is 32.2. The van der Waals surface area contributed by atoms with Crippen molar-refractivity contribution in [2.75, 3.05) is 13.2 Å². The van der Waals surface area contributed by atoms with Gasteiger partial charge in [-0.1, -0.05) is 106 Å². The van der Waals surface area contributed by atoms with Crippen LogP contribution in [0.3, 0.4) is 0 Å². The lowest BCUT2D eigenvalue weighted by atomic mass is 9.96. The Kier molecular flexibility index (Phi) is 16.8. The van der Waals surface area contributed by atoms with E-state index in [1.165, 1.54) is 0 Å². The van der Waals surface area contributed by atoms with Gasteiger partial charge in [0, 0.05) is 24.9 Å². The lowest BCUT2D eigenvalue weighted by molar-refractivity contribution is -0.790. The molecule has 0 radical (unpaired) electrons. The van der Waals surface area contributed by atoms with E-state index in [1.54, 1.807) is 4.90 Å². The van der Waals surface area contributed by atoms with Crippen molar-refractivity contribution in [3.05, 3.63) is 110 Å². The minimum Gasteiger partial charge on any atom is -0.464 e. The van der Waals surface area contributed by atoms with Crippen LogP contribution in [0.25, 0.3) is 22.5 Å². The average Bonchev–Trinajstić information content (AvgIpc) is 3.74. The number of nitrogens with zero attached hydrogens (tertiary/aromatic N) is 6. The fourth-order valence-corrected chi connectivity index (χ4v) is 6.29. The Hall–Kier alpha value is -6.46. The lowest BCUT2D eigenvalue weighted by Gasteiger charge is -2.34. The second-order valence-electron chi connectivity index (χ2n) is 13.7. The summed E-state index contributed by atoms with van der Waals surface area (Å²) in [5.74, 6) is -1.28. The third kappa shape index (κ3) is 13.7. The molecule has 4 rings (SSSR count). The van der Waals surface area contributed by atoms with Crippen LogP contribution < -0.4 is 5.32 Å². The van der Waals surface area contributed by atoms with Crippen LogP contribution in [-0.2, 0) is 41.8 Å². The topological polar surface area (TPSA) is 235 Å². The van der Waals surface area contributed by atoms with Crippen LogP contribution in [0.2, 0.25) is 0 Å². The highest BCUT2D eigenvalue weighted by Gasteiger charge is 2.35. The van der Waals surface area contributed by atoms with Crippen molar-refractivity contribution in [2.24, 2.45) is 5.92 Å². The number of rotatable bonds is 24. The summed E-state index contributed by atoms with van der Waals surface area (Å²) in [6.07, 6.45) is 1.15. The van der Waals surface area contributed by atoms with Gasteiger partial charge in [-0.2, -0.15) is 5.21 Å². The van der Waals surface area contributed by atoms with Crippen LogP contribution in [0.15, 0.2) is 78.9 Å². The Morgan fingerprint density at radius 1 is 0.877 bits per heavy atom. The van der Waals surface area contributed by atoms with Crippen molar-refractivity contribution in [2.45, 2.75) is 90.4 Å². The molecule has 3 atom stereocenters. The number of hydrogen-bond acceptors (Lipinski definition) is 13. The van der Waals surface area contributed by atoms with Crippen molar-refractivity contribution in [3.63, 3.8) is 0 Å². The van der Waals surface area contributed by atoms with Crippen molar-refractivity contribution < 1.29 is 39.0 Å². The average molecular weight is 789 g/mol. The fourth-order valence-electron chi connectivity index (χ4n) is 6.29. The zero-order chi connectivity index (χ0) is 41.2. The van der Waals surface area contributed by atoms with E-state index in [-0.39, 0.29) is 57.1 Å². The molecule has 0 aliphatic rings. The highest BCUT2D eigenvalue weighted by Crippen LogP contribution is 2.30. The van der Waals surface area contributed by atoms with Gasteiger partial charge in [-0.3, -0.25) is 9.59 Å². The number of aromatic amines is 1. The summed E-state index contributed by atoms with van der Waals surface area (Å²) in [7, 11) is 0. The van der Waals surface area contributed by atoms with Crippen LogP contribution in [0.4, 0.5) is 0 Å². The molecule has 0 saturated carbocycles. The van der Waals surface area contributed by atoms with Crippen LogP contribution in [-0.4, -0.2) is 84.9 Å². The van der Waals surface area contributed by atoms with Gasteiger partial charge in [0.15, 0.2) is 0 Å². The van der Waals surface area contributed by atoms with E-state index in [4.69, 9.17) is 4.74 Å². The first-order chi connectivity index (χ1) is 27.5. The number of ether oxygens (including phenoxy) is 1. The maximum absolute atomic E-state index is 14.3. The molecule has 18 heteroatoms. The van der Waals surface area contributed by atoms with Gasteiger partial charge in [-0.25, -0.2) is 4.79 Å². The number of aromatic nitrogens is 4. The van der Waals surface area contributed by atoms with E-state index in [2.05, 4.69) is 35.6 Å². The van der Waals surface area contributed by atoms with Gasteiger partial charge in [0.05, 0.1) is 6.61 Å². The van der Waals surface area contributed by atoms with Gasteiger partial charge in [0.2, 0.25) is 17.6 Å². The molecule has 0 saturated heterocycles. The predicted molar refractivity (Wildman–Crippen MR) is 205 cm³/mol. The minimum absolute atomic E-state index is 0.0325. The van der Waals surface area contributed by atoms with Crippen molar-refractivity contribution in [3.8, 4) is 22.5 Å². The molecule has 18 nitrogen and oxygen atoms in total. The van der Waals surface area contributed by atoms with Gasteiger partial charge >= 0.3 is 5.97 Å². The molecule has 0 spiro atoms. The summed E-state index contributed by atoms with van der Waals surface area (Å²) in [4.78, 5) is 73.2. The van der Waals surface area contributed by atoms with Crippen LogP contribution in [0, 0.1) is 26.1 Å². The molecule has 0 fully saturated rings. The number of unbranched alkanes of at least 4 members (excludes halogenated alkanes) is 2. The highest BCUT2D eigenvalue weighted by atomic mass is 17.0. The molecule has 1 heterocycles. The molecule has 3 unspecified atom stereocenters. The summed E-state index contributed by atoms with van der Waals surface area (Å²) in [5, 5.41) is 36.5. The van der Waals surface area contributed by atoms with Crippen LogP contribution in [0.1, 0.15) is 70.4 Å². The Labute approximate surface area is 329 Å². The molecule has 57 heavy (non-hydrogen) atoms. The summed E-state index contributed by atoms with van der Waals surface area (Å²) in [6, 6.07) is 22.4. The van der Waals surface area contributed by atoms with Crippen LogP contribution in [0.5, 0.6) is 0 Å². The number of tetrazole rings is 1. The number of carbonyl (C=O) groups excluding carboxylic acids is 3. The SMILES string of the molecule is CCCCC(=O)N(Cc1ccc(-c2ccccc2-c2nn[nH]n2)cc1)C(C(=O)NC(Cc1ccccc1)C(=O)OCCCCC(CO[N+](=O)[O-])O[N+](=O)[O-])C(C)C. The number of esters is 1. The molecule has 2 N–H and O–H groups in total. The summed E-state index contributed by atoms with van der Waals surface area (Å²) in [6.45, 7) is 5.10. The molecule has 2 amide bonds. The monoisotopic (exact) mass is 788 g/mol. The van der Waals surface area contributed by atoms with Crippen molar-refractivity contribution in [1.29, 1.82) is 0 Å². The quantitative estimate of drug-likeness (QED) is 0.0397. The number of H-pyrrole nitrogens is 1. The summed E-state index contributed by atoms with van der Waals surface area (Å²) < 4.78 is 5.55. The Morgan fingerprint density at radius 3 is 2.21 bits per heavy atom. The molecule has 4 aromatic rings. The molecule has 0 aliphatic carbocycles. The fraction of sp³-hybridized carbons (Fsp3) is 0.436. The van der Waals surface area contributed by atoms with Crippen molar-refractivity contribution in [1.82, 2.24) is 30.8 Å². The maximum Gasteiger partial charge on any atom is 0.328 e. The van der Waals surface area contributed by atoms with Gasteiger partial charge < -0.3 is 24.6 Å². The summed E-state index contributed by atoms with van der Waals surface area (Å²) >= 11 is 0. The minimum atomic E-state index is -1.18. The third-order valence-corrected chi connectivity index (χ3v) is 9.08. The standard InChI is InChI=1S/C39H48N8O10/c1-4-5-18-35(48)45(25-29-19-21-30(22-20-29)32-16-9-10-17-33(32)37-41-43-44-42-37)36(27(2)3)38(49)40-34(24-28-13-7-6-8-14-28)39(50)55-23-12-11-15-31(57-47(53)54)26-56-46(51)52/h6-10,13-14,16-17,19-22,27,31,34,36H,4-5,11-12,15,18,23-26H2,1-3H3,(H,40,49)(H,41,42,43,44). The second-order valence-corrected chi connectivity index (χ2v) is 13.7. The molecule has 304 valence electrons. The first-order valence-electron chi connectivity index (χ1n) is 18.8. The lowest BCUT2D eigenvalue weighted by Crippen LogP contribution is -2.55. The molecule has 3 aromatic carbocycles. The zero-order valence-electron chi connectivity index (χ0n) is 32.2. The van der Waals surface area contributed by atoms with E-state index >= 15 is 0 Å². The summed E-state index contributed by atoms with van der Waals surface area (Å²) in [5.41, 5.74) is 4.16. The molecule has 1 aromatic heterocycles. The van der Waals surface area contributed by atoms with Gasteiger partial charge in [-0.05, 0) is 59.1 Å². The number of nitrogens with one attached hydrogen (secondary N) is 2. The second kappa shape index (κ2) is 22.2. The number of hydrogen-bond donors (Lipinski definition) is 2. The Morgan fingerprint density at radius 2 is 1.58 bits per heavy atom. The van der Waals surface area contributed by atoms with Gasteiger partial charge in [0.1, 0.15) is 24.8 Å². The largest absolute Gasteiger partial charge is 0.464 e. The first-order valence-corrected chi connectivity index (χ1v) is 18.8. The number of amides is 2. The van der Waals surface area contributed by atoms with Gasteiger partial charge in [0.25, 0.3) is 10.2 Å². The van der Waals surface area contributed by atoms with E-state index in [0.29, 0.717) is 12.2 Å². The van der Waals surface area contributed by atoms with E-state index in [9.17, 15) is 34.6 Å². The number of benzene rings is 3. The molecule has 0 aliphatic heterocycles. The molecule has 0 bridgehead atoms. The Bertz CT molecular complexity index is 1890. The van der Waals surface area contributed by atoms with E-state index in [1.807, 2.05) is 99.6 Å². The van der Waals surface area contributed by atoms with Crippen molar-refractivity contribution >= 4 is 17.8 Å². The highest BCUT2D eigenvalue weighted by molar-refractivity contribution is 5.91. The van der Waals surface area contributed by atoms with E-state index < -0.39 is 46.8 Å². The van der Waals surface area contributed by atoms with E-state index in [0.717, 1.165) is 34.2 Å². The van der Waals surface area contributed by atoms with Crippen LogP contribution >= 0.6 is 0 Å². The third-order valence-electron chi connectivity index (χ3n) is 9.08. The number of carbonyl (C=O) groups is 3. The molecular formula is C39H48N8O10.